The van der Waals surface area contributed by atoms with E-state index < -0.39 is 15.9 Å². The van der Waals surface area contributed by atoms with E-state index >= 15 is 0 Å². The van der Waals surface area contributed by atoms with Crippen LogP contribution in [0.2, 0.25) is 0 Å². The lowest BCUT2D eigenvalue weighted by atomic mass is 10.3. The van der Waals surface area contributed by atoms with Gasteiger partial charge in [0.05, 0.1) is 11.1 Å². The molecule has 1 aromatic carbocycles. The third kappa shape index (κ3) is 3.26. The van der Waals surface area contributed by atoms with Crippen molar-refractivity contribution >= 4 is 21.6 Å². The van der Waals surface area contributed by atoms with Crippen molar-refractivity contribution in [3.05, 3.63) is 36.2 Å². The van der Waals surface area contributed by atoms with Gasteiger partial charge in [-0.25, -0.2) is 13.1 Å². The van der Waals surface area contributed by atoms with Gasteiger partial charge in [0.15, 0.2) is 5.69 Å². The van der Waals surface area contributed by atoms with Crippen LogP contribution in [0.15, 0.2) is 35.4 Å². The van der Waals surface area contributed by atoms with Gasteiger partial charge >= 0.3 is 0 Å². The van der Waals surface area contributed by atoms with Crippen LogP contribution in [0.1, 0.15) is 23.3 Å². The number of aromatic amines is 1. The van der Waals surface area contributed by atoms with Crippen LogP contribution in [-0.2, 0) is 10.0 Å². The zero-order chi connectivity index (χ0) is 14.9. The van der Waals surface area contributed by atoms with E-state index in [1.54, 1.807) is 0 Å². The number of benzene rings is 1. The summed E-state index contributed by atoms with van der Waals surface area (Å²) < 4.78 is 26.6. The number of H-pyrrole nitrogens is 1. The van der Waals surface area contributed by atoms with Crippen molar-refractivity contribution in [3.8, 4) is 0 Å². The minimum atomic E-state index is -3.48. The number of sulfonamides is 1. The highest BCUT2D eigenvalue weighted by atomic mass is 32.2. The van der Waals surface area contributed by atoms with Gasteiger partial charge < -0.3 is 5.32 Å². The van der Waals surface area contributed by atoms with E-state index in [1.807, 2.05) is 0 Å². The predicted octanol–water partition coefficient (Wildman–Crippen LogP) is 0.498. The molecule has 0 aliphatic heterocycles. The minimum absolute atomic E-state index is 0.0570. The van der Waals surface area contributed by atoms with E-state index in [0.717, 1.165) is 12.8 Å². The average molecular weight is 307 g/mol. The molecule has 0 unspecified atom stereocenters. The normalized spacial score (nSPS) is 14.9. The number of nitrogens with zero attached hydrogens (tertiary/aromatic N) is 2. The molecule has 8 nitrogen and oxygen atoms in total. The molecule has 0 radical (unpaired) electrons. The third-order valence-electron chi connectivity index (χ3n) is 2.97. The molecule has 1 amide bonds. The Hall–Kier alpha value is -2.26. The Labute approximate surface area is 121 Å². The standard InChI is InChI=1S/C12H13N5O3S/c18-12(11-7-13-17-15-11)14-8-3-5-10(6-4-8)21(19,20)16-9-1-2-9/h3-7,9,16H,1-2H2,(H,14,18)(H,13,15,17). The number of rotatable bonds is 5. The highest BCUT2D eigenvalue weighted by molar-refractivity contribution is 7.89. The first-order valence-electron chi connectivity index (χ1n) is 6.34. The molecule has 9 heteroatoms. The summed E-state index contributed by atoms with van der Waals surface area (Å²) in [7, 11) is -3.48. The molecule has 1 heterocycles. The lowest BCUT2D eigenvalue weighted by Gasteiger charge is -2.07. The topological polar surface area (TPSA) is 117 Å². The largest absolute Gasteiger partial charge is 0.321 e. The summed E-state index contributed by atoms with van der Waals surface area (Å²) in [5, 5.41) is 12.1. The zero-order valence-electron chi connectivity index (χ0n) is 10.9. The molecule has 1 fully saturated rings. The summed E-state index contributed by atoms with van der Waals surface area (Å²) in [5.41, 5.74) is 0.635. The number of nitrogens with one attached hydrogen (secondary N) is 3. The molecule has 3 N–H and O–H groups in total. The van der Waals surface area contributed by atoms with Crippen LogP contribution in [0.4, 0.5) is 5.69 Å². The van der Waals surface area contributed by atoms with E-state index in [1.165, 1.54) is 30.5 Å². The number of hydrogen-bond acceptors (Lipinski definition) is 5. The highest BCUT2D eigenvalue weighted by Gasteiger charge is 2.27. The fraction of sp³-hybridized carbons (Fsp3) is 0.250. The van der Waals surface area contributed by atoms with Crippen LogP contribution < -0.4 is 10.0 Å². The third-order valence-corrected chi connectivity index (χ3v) is 4.51. The van der Waals surface area contributed by atoms with E-state index in [4.69, 9.17) is 0 Å². The smallest absolute Gasteiger partial charge is 0.277 e. The van der Waals surface area contributed by atoms with Crippen LogP contribution in [0, 0.1) is 0 Å². The van der Waals surface area contributed by atoms with Crippen molar-refractivity contribution in [2.75, 3.05) is 5.32 Å². The number of hydrogen-bond donors (Lipinski definition) is 3. The molecule has 1 aromatic heterocycles. The van der Waals surface area contributed by atoms with Crippen molar-refractivity contribution in [2.24, 2.45) is 0 Å². The predicted molar refractivity (Wildman–Crippen MR) is 74.1 cm³/mol. The summed E-state index contributed by atoms with van der Waals surface area (Å²) in [4.78, 5) is 11.9. The molecule has 2 aromatic rings. The Morgan fingerprint density at radius 3 is 2.52 bits per heavy atom. The van der Waals surface area contributed by atoms with Crippen molar-refractivity contribution in [1.29, 1.82) is 0 Å². The second-order valence-corrected chi connectivity index (χ2v) is 6.44. The van der Waals surface area contributed by atoms with Gasteiger partial charge in [0.1, 0.15) is 0 Å². The maximum absolute atomic E-state index is 12.0. The van der Waals surface area contributed by atoms with Crippen molar-refractivity contribution in [2.45, 2.75) is 23.8 Å². The Morgan fingerprint density at radius 2 is 1.95 bits per heavy atom. The monoisotopic (exact) mass is 307 g/mol. The molecule has 21 heavy (non-hydrogen) atoms. The van der Waals surface area contributed by atoms with Crippen molar-refractivity contribution in [3.63, 3.8) is 0 Å². The van der Waals surface area contributed by atoms with E-state index in [-0.39, 0.29) is 16.6 Å². The molecule has 0 spiro atoms. The van der Waals surface area contributed by atoms with Crippen molar-refractivity contribution in [1.82, 2.24) is 20.1 Å². The Balaban J connectivity index is 1.70. The molecular formula is C12H13N5O3S. The molecule has 1 saturated carbocycles. The summed E-state index contributed by atoms with van der Waals surface area (Å²) in [6, 6.07) is 6.01. The number of carbonyl (C=O) groups is 1. The van der Waals surface area contributed by atoms with Crippen LogP contribution in [0.5, 0.6) is 0 Å². The number of anilines is 1. The van der Waals surface area contributed by atoms with E-state index in [2.05, 4.69) is 25.4 Å². The average Bonchev–Trinajstić information content (AvgIpc) is 3.08. The van der Waals surface area contributed by atoms with E-state index in [0.29, 0.717) is 5.69 Å². The van der Waals surface area contributed by atoms with Crippen LogP contribution in [-0.4, -0.2) is 35.8 Å². The second kappa shape index (κ2) is 5.26. The number of carbonyl (C=O) groups excluding carboxylic acids is 1. The maximum atomic E-state index is 12.0. The SMILES string of the molecule is O=C(Nc1ccc(S(=O)(=O)NC2CC2)cc1)c1cn[nH]n1. The van der Waals surface area contributed by atoms with Crippen molar-refractivity contribution < 1.29 is 13.2 Å². The Kier molecular flexibility index (Phi) is 3.43. The maximum Gasteiger partial charge on any atom is 0.277 e. The van der Waals surface area contributed by atoms with Crippen LogP contribution in [0.3, 0.4) is 0 Å². The van der Waals surface area contributed by atoms with Gasteiger partial charge in [-0.05, 0) is 37.1 Å². The van der Waals surface area contributed by atoms with E-state index in [9.17, 15) is 13.2 Å². The Morgan fingerprint density at radius 1 is 1.24 bits per heavy atom. The molecule has 0 bridgehead atoms. The van der Waals surface area contributed by atoms with Crippen LogP contribution in [0.25, 0.3) is 0 Å². The van der Waals surface area contributed by atoms with Gasteiger partial charge in [0.25, 0.3) is 5.91 Å². The number of amides is 1. The lowest BCUT2D eigenvalue weighted by Crippen LogP contribution is -2.25. The first kappa shape index (κ1) is 13.7. The first-order valence-corrected chi connectivity index (χ1v) is 7.82. The summed E-state index contributed by atoms with van der Waals surface area (Å²) in [6.07, 6.45) is 3.06. The molecule has 0 atom stereocenters. The molecule has 0 saturated heterocycles. The number of aromatic nitrogens is 3. The van der Waals surface area contributed by atoms with Crippen LogP contribution >= 0.6 is 0 Å². The lowest BCUT2D eigenvalue weighted by molar-refractivity contribution is 0.102. The fourth-order valence-corrected chi connectivity index (χ4v) is 3.02. The summed E-state index contributed by atoms with van der Waals surface area (Å²) >= 11 is 0. The van der Waals surface area contributed by atoms with Gasteiger partial charge in [0, 0.05) is 11.7 Å². The minimum Gasteiger partial charge on any atom is -0.321 e. The van der Waals surface area contributed by atoms with Gasteiger partial charge in [-0.15, -0.1) is 0 Å². The quantitative estimate of drug-likeness (QED) is 0.743. The fourth-order valence-electron chi connectivity index (χ4n) is 1.71. The Bertz CT molecular complexity index is 736. The first-order chi connectivity index (χ1) is 10.0. The van der Waals surface area contributed by atoms with Gasteiger partial charge in [-0.1, -0.05) is 0 Å². The second-order valence-electron chi connectivity index (χ2n) is 4.73. The summed E-state index contributed by atoms with van der Waals surface area (Å²) in [5.74, 6) is -0.421. The molecule has 1 aliphatic rings. The molecule has 1 aliphatic carbocycles. The molecule has 3 rings (SSSR count). The summed E-state index contributed by atoms with van der Waals surface area (Å²) in [6.45, 7) is 0. The van der Waals surface area contributed by atoms with Gasteiger partial charge in [-0.2, -0.15) is 15.4 Å². The zero-order valence-corrected chi connectivity index (χ0v) is 11.7. The molecule has 110 valence electrons. The van der Waals surface area contributed by atoms with Gasteiger partial charge in [0.2, 0.25) is 10.0 Å². The molecular weight excluding hydrogens is 294 g/mol. The highest BCUT2D eigenvalue weighted by Crippen LogP contribution is 2.22. The van der Waals surface area contributed by atoms with Gasteiger partial charge in [-0.3, -0.25) is 4.79 Å².